The van der Waals surface area contributed by atoms with Crippen LogP contribution in [0.3, 0.4) is 0 Å². The predicted molar refractivity (Wildman–Crippen MR) is 92.1 cm³/mol. The van der Waals surface area contributed by atoms with Crippen molar-refractivity contribution in [2.24, 2.45) is 0 Å². The van der Waals surface area contributed by atoms with E-state index in [4.69, 9.17) is 9.47 Å². The molecule has 0 unspecified atom stereocenters. The van der Waals surface area contributed by atoms with E-state index in [1.165, 1.54) is 0 Å². The topological polar surface area (TPSA) is 89.5 Å². The molecule has 0 saturated carbocycles. The van der Waals surface area contributed by atoms with Gasteiger partial charge in [0.25, 0.3) is 0 Å². The SMILES string of the molecule is COc1ccc(CNC(=O)CC(=O)NCc2ccccn2)cc1OC. The number of amides is 2. The number of methoxy groups -OCH3 is 2. The van der Waals surface area contributed by atoms with E-state index in [9.17, 15) is 9.59 Å². The van der Waals surface area contributed by atoms with Crippen LogP contribution in [-0.4, -0.2) is 31.0 Å². The van der Waals surface area contributed by atoms with E-state index in [1.54, 1.807) is 44.7 Å². The third-order valence-electron chi connectivity index (χ3n) is 3.45. The molecule has 2 amide bonds. The number of ether oxygens (including phenoxy) is 2. The highest BCUT2D eigenvalue weighted by molar-refractivity contribution is 5.96. The number of carbonyl (C=O) groups excluding carboxylic acids is 2. The summed E-state index contributed by atoms with van der Waals surface area (Å²) in [5, 5.41) is 5.37. The summed E-state index contributed by atoms with van der Waals surface area (Å²) in [6.07, 6.45) is 1.41. The Kier molecular flexibility index (Phi) is 6.76. The molecule has 0 aliphatic heterocycles. The van der Waals surface area contributed by atoms with Gasteiger partial charge in [0.05, 0.1) is 26.5 Å². The second-order valence-corrected chi connectivity index (χ2v) is 5.24. The highest BCUT2D eigenvalue weighted by Gasteiger charge is 2.10. The van der Waals surface area contributed by atoms with E-state index in [1.807, 2.05) is 12.1 Å². The van der Waals surface area contributed by atoms with Gasteiger partial charge in [-0.15, -0.1) is 0 Å². The van der Waals surface area contributed by atoms with Gasteiger partial charge in [-0.25, -0.2) is 0 Å². The summed E-state index contributed by atoms with van der Waals surface area (Å²) in [6, 6.07) is 10.8. The summed E-state index contributed by atoms with van der Waals surface area (Å²) < 4.78 is 10.4. The van der Waals surface area contributed by atoms with Crippen LogP contribution in [0.25, 0.3) is 0 Å². The van der Waals surface area contributed by atoms with Crippen LogP contribution in [0.5, 0.6) is 11.5 Å². The summed E-state index contributed by atoms with van der Waals surface area (Å²) >= 11 is 0. The number of benzene rings is 1. The quantitative estimate of drug-likeness (QED) is 0.708. The number of hydrogen-bond donors (Lipinski definition) is 2. The van der Waals surface area contributed by atoms with Gasteiger partial charge in [-0.3, -0.25) is 14.6 Å². The van der Waals surface area contributed by atoms with Crippen molar-refractivity contribution in [1.82, 2.24) is 15.6 Å². The summed E-state index contributed by atoms with van der Waals surface area (Å²) in [4.78, 5) is 27.8. The lowest BCUT2D eigenvalue weighted by Gasteiger charge is -2.10. The van der Waals surface area contributed by atoms with Crippen LogP contribution in [-0.2, 0) is 22.7 Å². The Morgan fingerprint density at radius 3 is 2.32 bits per heavy atom. The molecular formula is C18H21N3O4. The van der Waals surface area contributed by atoms with Gasteiger partial charge in [-0.1, -0.05) is 12.1 Å². The molecule has 0 aliphatic rings. The molecule has 0 aliphatic carbocycles. The normalized spacial score (nSPS) is 10.0. The second-order valence-electron chi connectivity index (χ2n) is 5.24. The van der Waals surface area contributed by atoms with Crippen molar-refractivity contribution in [1.29, 1.82) is 0 Å². The molecule has 2 rings (SSSR count). The van der Waals surface area contributed by atoms with Crippen molar-refractivity contribution in [2.75, 3.05) is 14.2 Å². The fourth-order valence-corrected chi connectivity index (χ4v) is 2.15. The standard InChI is InChI=1S/C18H21N3O4/c1-24-15-7-6-13(9-16(15)25-2)11-20-17(22)10-18(23)21-12-14-5-3-4-8-19-14/h3-9H,10-12H2,1-2H3,(H,20,22)(H,21,23). The highest BCUT2D eigenvalue weighted by atomic mass is 16.5. The molecular weight excluding hydrogens is 322 g/mol. The van der Waals surface area contributed by atoms with Gasteiger partial charge in [0.1, 0.15) is 6.42 Å². The van der Waals surface area contributed by atoms with Crippen LogP contribution in [0, 0.1) is 0 Å². The van der Waals surface area contributed by atoms with E-state index in [-0.39, 0.29) is 18.2 Å². The summed E-state index contributed by atoms with van der Waals surface area (Å²) in [5.74, 6) is 0.498. The molecule has 0 bridgehead atoms. The van der Waals surface area contributed by atoms with Gasteiger partial charge < -0.3 is 20.1 Å². The van der Waals surface area contributed by atoms with Crippen LogP contribution in [0.4, 0.5) is 0 Å². The Labute approximate surface area is 146 Å². The molecule has 7 heteroatoms. The monoisotopic (exact) mass is 343 g/mol. The summed E-state index contributed by atoms with van der Waals surface area (Å²) in [6.45, 7) is 0.593. The van der Waals surface area contributed by atoms with Crippen molar-refractivity contribution in [3.8, 4) is 11.5 Å². The maximum atomic E-state index is 11.9. The van der Waals surface area contributed by atoms with Gasteiger partial charge >= 0.3 is 0 Å². The van der Waals surface area contributed by atoms with Crippen LogP contribution in [0.2, 0.25) is 0 Å². The fourth-order valence-electron chi connectivity index (χ4n) is 2.15. The lowest BCUT2D eigenvalue weighted by molar-refractivity contribution is -0.129. The maximum absolute atomic E-state index is 11.9. The number of nitrogens with zero attached hydrogens (tertiary/aromatic N) is 1. The maximum Gasteiger partial charge on any atom is 0.229 e. The first kappa shape index (κ1) is 18.3. The molecule has 1 aromatic carbocycles. The molecule has 132 valence electrons. The van der Waals surface area contributed by atoms with Gasteiger partial charge in [-0.2, -0.15) is 0 Å². The molecule has 1 aromatic heterocycles. The number of aromatic nitrogens is 1. The first-order valence-electron chi connectivity index (χ1n) is 7.76. The Bertz CT molecular complexity index is 720. The van der Waals surface area contributed by atoms with Crippen molar-refractivity contribution >= 4 is 11.8 Å². The van der Waals surface area contributed by atoms with Crippen molar-refractivity contribution in [3.63, 3.8) is 0 Å². The molecule has 2 N–H and O–H groups in total. The molecule has 1 heterocycles. The molecule has 7 nitrogen and oxygen atoms in total. The average molecular weight is 343 g/mol. The minimum atomic E-state index is -0.353. The third kappa shape index (κ3) is 5.80. The number of nitrogens with one attached hydrogen (secondary N) is 2. The molecule has 0 radical (unpaired) electrons. The zero-order chi connectivity index (χ0) is 18.1. The molecule has 0 atom stereocenters. The zero-order valence-electron chi connectivity index (χ0n) is 14.2. The van der Waals surface area contributed by atoms with E-state index in [0.29, 0.717) is 24.6 Å². The molecule has 25 heavy (non-hydrogen) atoms. The first-order valence-corrected chi connectivity index (χ1v) is 7.76. The van der Waals surface area contributed by atoms with Crippen LogP contribution in [0.15, 0.2) is 42.6 Å². The Balaban J connectivity index is 1.77. The summed E-state index contributed by atoms with van der Waals surface area (Å²) in [5.41, 5.74) is 1.58. The third-order valence-corrected chi connectivity index (χ3v) is 3.45. The van der Waals surface area contributed by atoms with Crippen molar-refractivity contribution < 1.29 is 19.1 Å². The van der Waals surface area contributed by atoms with E-state index in [0.717, 1.165) is 11.3 Å². The fraction of sp³-hybridized carbons (Fsp3) is 0.278. The van der Waals surface area contributed by atoms with E-state index < -0.39 is 0 Å². The zero-order valence-corrected chi connectivity index (χ0v) is 14.2. The Morgan fingerprint density at radius 2 is 1.68 bits per heavy atom. The Hall–Kier alpha value is -3.09. The highest BCUT2D eigenvalue weighted by Crippen LogP contribution is 2.27. The van der Waals surface area contributed by atoms with Gasteiger partial charge in [0.2, 0.25) is 11.8 Å². The minimum Gasteiger partial charge on any atom is -0.493 e. The van der Waals surface area contributed by atoms with Crippen LogP contribution < -0.4 is 20.1 Å². The van der Waals surface area contributed by atoms with Crippen molar-refractivity contribution in [2.45, 2.75) is 19.5 Å². The van der Waals surface area contributed by atoms with Crippen LogP contribution >= 0.6 is 0 Å². The lowest BCUT2D eigenvalue weighted by atomic mass is 10.2. The summed E-state index contributed by atoms with van der Waals surface area (Å²) in [7, 11) is 3.11. The number of pyridine rings is 1. The second kappa shape index (κ2) is 9.27. The van der Waals surface area contributed by atoms with Crippen molar-refractivity contribution in [3.05, 3.63) is 53.9 Å². The first-order chi connectivity index (χ1) is 12.1. The largest absolute Gasteiger partial charge is 0.493 e. The number of rotatable bonds is 8. The molecule has 0 saturated heterocycles. The molecule has 0 fully saturated rings. The van der Waals surface area contributed by atoms with E-state index in [2.05, 4.69) is 15.6 Å². The van der Waals surface area contributed by atoms with Gasteiger partial charge in [0.15, 0.2) is 11.5 Å². The molecule has 2 aromatic rings. The average Bonchev–Trinajstić information content (AvgIpc) is 2.65. The number of carbonyl (C=O) groups is 2. The smallest absolute Gasteiger partial charge is 0.229 e. The lowest BCUT2D eigenvalue weighted by Crippen LogP contribution is -2.31. The van der Waals surface area contributed by atoms with Gasteiger partial charge in [0, 0.05) is 12.7 Å². The van der Waals surface area contributed by atoms with E-state index >= 15 is 0 Å². The van der Waals surface area contributed by atoms with Crippen LogP contribution in [0.1, 0.15) is 17.7 Å². The Morgan fingerprint density at radius 1 is 0.960 bits per heavy atom. The molecule has 0 spiro atoms. The minimum absolute atomic E-state index is 0.236. The van der Waals surface area contributed by atoms with Gasteiger partial charge in [-0.05, 0) is 29.8 Å². The number of hydrogen-bond acceptors (Lipinski definition) is 5. The predicted octanol–water partition coefficient (Wildman–Crippen LogP) is 1.42.